The highest BCUT2D eigenvalue weighted by Gasteiger charge is 2.52. The van der Waals surface area contributed by atoms with Crippen LogP contribution in [0.15, 0.2) is 5.18 Å². The average Bonchev–Trinajstić information content (AvgIpc) is 1.85. The molecule has 10 heavy (non-hydrogen) atoms. The fourth-order valence-corrected chi connectivity index (χ4v) is 0.150. The van der Waals surface area contributed by atoms with E-state index >= 15 is 0 Å². The third kappa shape index (κ3) is 1.05. The Hall–Kier alpha value is -1.57. The molecule has 0 aliphatic heterocycles. The zero-order valence-electron chi connectivity index (χ0n) is 4.42. The quantitative estimate of drug-likeness (QED) is 0.224. The summed E-state index contributed by atoms with van der Waals surface area (Å²) in [6.07, 6.45) is 0. The average molecular weight is 150 g/mol. The van der Waals surface area contributed by atoms with Crippen LogP contribution in [0.2, 0.25) is 0 Å². The third-order valence-electron chi connectivity index (χ3n) is 0.669. The summed E-state index contributed by atoms with van der Waals surface area (Å²) in [6, 6.07) is 0. The van der Waals surface area contributed by atoms with Crippen LogP contribution >= 0.6 is 0 Å². The Morgan fingerprint density at radius 2 is 2.10 bits per heavy atom. The fourth-order valence-electron chi connectivity index (χ4n) is 0.150. The van der Waals surface area contributed by atoms with Crippen LogP contribution in [0.3, 0.4) is 0 Å². The van der Waals surface area contributed by atoms with Crippen molar-refractivity contribution in [2.75, 3.05) is 0 Å². The van der Waals surface area contributed by atoms with Crippen LogP contribution in [0.25, 0.3) is 0 Å². The molecule has 0 heterocycles. The fraction of sp³-hybridized carbons (Fsp3) is 0.500. The molecule has 0 fully saturated rings. The van der Waals surface area contributed by atoms with E-state index in [1.807, 2.05) is 0 Å². The number of carboxylic acids is 1. The Kier molecular flexibility index (Phi) is 1.98. The number of nitrogens with zero attached hydrogens (tertiary/aromatic N) is 2. The highest BCUT2D eigenvalue weighted by Crippen LogP contribution is 2.05. The minimum absolute atomic E-state index is 1.43. The molecule has 0 aliphatic carbocycles. The second-order valence-corrected chi connectivity index (χ2v) is 1.29. The first-order valence-electron chi connectivity index (χ1n) is 1.90. The van der Waals surface area contributed by atoms with Crippen LogP contribution in [-0.4, -0.2) is 27.0 Å². The number of nitro groups is 1. The highest BCUT2D eigenvalue weighted by molar-refractivity contribution is 5.74. The van der Waals surface area contributed by atoms with Gasteiger partial charge in [-0.25, -0.2) is 4.79 Å². The SMILES string of the molecule is O=NC(O)(C(=O)O)[N+](=O)[O-]. The predicted molar refractivity (Wildman–Crippen MR) is 25.4 cm³/mol. The van der Waals surface area contributed by atoms with E-state index in [1.165, 1.54) is 5.18 Å². The van der Waals surface area contributed by atoms with Gasteiger partial charge >= 0.3 is 11.8 Å². The summed E-state index contributed by atoms with van der Waals surface area (Å²) >= 11 is 0. The summed E-state index contributed by atoms with van der Waals surface area (Å²) in [5, 5.41) is 27.0. The molecule has 0 amide bonds. The number of aliphatic hydroxyl groups is 1. The van der Waals surface area contributed by atoms with Crippen LogP contribution in [-0.2, 0) is 4.79 Å². The maximum Gasteiger partial charge on any atom is 0.556 e. The Balaban J connectivity index is 4.72. The minimum Gasteiger partial charge on any atom is -0.472 e. The largest absolute Gasteiger partial charge is 0.556 e. The predicted octanol–water partition coefficient (Wildman–Crippen LogP) is -1.24. The molecule has 8 heteroatoms. The summed E-state index contributed by atoms with van der Waals surface area (Å²) < 4.78 is 0. The molecule has 56 valence electrons. The normalized spacial score (nSPS) is 15.3. The number of nitroso groups, excluding NO2 is 1. The van der Waals surface area contributed by atoms with Crippen molar-refractivity contribution >= 4 is 5.97 Å². The molecule has 8 nitrogen and oxygen atoms in total. The third-order valence-corrected chi connectivity index (χ3v) is 0.669. The molecule has 0 bridgehead atoms. The number of carboxylic acid groups (broad SMARTS) is 1. The standard InChI is InChI=1S/C2H2N2O6/c5-1(6)2(7,3-8)4(9)10/h7H,(H,5,6). The molecular weight excluding hydrogens is 148 g/mol. The second-order valence-electron chi connectivity index (χ2n) is 1.29. The van der Waals surface area contributed by atoms with Gasteiger partial charge in [0.25, 0.3) is 0 Å². The van der Waals surface area contributed by atoms with Gasteiger partial charge in [0.1, 0.15) is 0 Å². The maximum absolute atomic E-state index is 9.71. The molecular formula is C2H2N2O6. The van der Waals surface area contributed by atoms with Crippen molar-refractivity contribution in [2.45, 2.75) is 5.85 Å². The first-order valence-corrected chi connectivity index (χ1v) is 1.90. The molecule has 0 aromatic carbocycles. The van der Waals surface area contributed by atoms with Gasteiger partial charge in [-0.3, -0.25) is 15.2 Å². The van der Waals surface area contributed by atoms with Crippen molar-refractivity contribution in [3.05, 3.63) is 15.0 Å². The van der Waals surface area contributed by atoms with Gasteiger partial charge < -0.3 is 5.11 Å². The van der Waals surface area contributed by atoms with E-state index in [1.54, 1.807) is 0 Å². The molecule has 0 radical (unpaired) electrons. The Morgan fingerprint density at radius 3 is 2.10 bits per heavy atom. The molecule has 2 N–H and O–H groups in total. The lowest BCUT2D eigenvalue weighted by Gasteiger charge is -2.02. The van der Waals surface area contributed by atoms with Crippen LogP contribution < -0.4 is 0 Å². The highest BCUT2D eigenvalue weighted by atomic mass is 16.7. The van der Waals surface area contributed by atoms with Crippen molar-refractivity contribution in [2.24, 2.45) is 5.18 Å². The van der Waals surface area contributed by atoms with E-state index in [0.29, 0.717) is 0 Å². The van der Waals surface area contributed by atoms with Gasteiger partial charge in [0.15, 0.2) is 0 Å². The number of hydrogen-bond acceptors (Lipinski definition) is 6. The zero-order valence-corrected chi connectivity index (χ0v) is 4.42. The summed E-state index contributed by atoms with van der Waals surface area (Å²) in [5.41, 5.74) is 0. The lowest BCUT2D eigenvalue weighted by molar-refractivity contribution is -0.605. The number of rotatable bonds is 3. The first kappa shape index (κ1) is 8.43. The summed E-state index contributed by atoms with van der Waals surface area (Å²) in [5.74, 6) is -6.06. The van der Waals surface area contributed by atoms with Gasteiger partial charge in [-0.2, -0.15) is 0 Å². The van der Waals surface area contributed by atoms with Crippen LogP contribution in [0.4, 0.5) is 0 Å². The molecule has 0 spiro atoms. The number of hydrogen-bond donors (Lipinski definition) is 2. The molecule has 1 atom stereocenters. The lowest BCUT2D eigenvalue weighted by Crippen LogP contribution is -2.43. The first-order chi connectivity index (χ1) is 4.45. The smallest absolute Gasteiger partial charge is 0.472 e. The molecule has 1 unspecified atom stereocenters. The zero-order chi connectivity index (χ0) is 8.36. The minimum atomic E-state index is -3.75. The van der Waals surface area contributed by atoms with Gasteiger partial charge in [0.2, 0.25) is 0 Å². The second kappa shape index (κ2) is 2.35. The Bertz CT molecular complexity index is 172. The molecule has 0 aromatic heterocycles. The summed E-state index contributed by atoms with van der Waals surface area (Å²) in [4.78, 5) is 27.0. The van der Waals surface area contributed by atoms with Gasteiger partial charge in [0.05, 0.1) is 10.1 Å². The number of carbonyl (C=O) groups is 1. The Labute approximate surface area is 53.2 Å². The van der Waals surface area contributed by atoms with Gasteiger partial charge in [-0.05, 0) is 0 Å². The van der Waals surface area contributed by atoms with Crippen molar-refractivity contribution in [3.63, 3.8) is 0 Å². The van der Waals surface area contributed by atoms with Crippen molar-refractivity contribution in [1.82, 2.24) is 0 Å². The van der Waals surface area contributed by atoms with E-state index in [4.69, 9.17) is 10.2 Å². The van der Waals surface area contributed by atoms with Crippen LogP contribution in [0, 0.1) is 15.0 Å². The van der Waals surface area contributed by atoms with Gasteiger partial charge in [-0.15, -0.1) is 4.91 Å². The van der Waals surface area contributed by atoms with Crippen LogP contribution in [0.5, 0.6) is 0 Å². The molecule has 0 saturated heterocycles. The van der Waals surface area contributed by atoms with E-state index in [-0.39, 0.29) is 0 Å². The van der Waals surface area contributed by atoms with E-state index in [9.17, 15) is 19.8 Å². The number of aliphatic carboxylic acids is 1. The molecule has 0 saturated carbocycles. The molecule has 0 rings (SSSR count). The summed E-state index contributed by atoms with van der Waals surface area (Å²) in [6.45, 7) is 0. The maximum atomic E-state index is 9.71. The molecule has 0 aliphatic rings. The van der Waals surface area contributed by atoms with E-state index in [0.717, 1.165) is 0 Å². The van der Waals surface area contributed by atoms with Crippen molar-refractivity contribution < 1.29 is 19.9 Å². The van der Waals surface area contributed by atoms with E-state index < -0.39 is 16.7 Å². The van der Waals surface area contributed by atoms with Crippen molar-refractivity contribution in [1.29, 1.82) is 0 Å². The summed E-state index contributed by atoms with van der Waals surface area (Å²) in [7, 11) is 0. The van der Waals surface area contributed by atoms with Gasteiger partial charge in [-0.1, -0.05) is 0 Å². The topological polar surface area (TPSA) is 130 Å². The van der Waals surface area contributed by atoms with Gasteiger partial charge in [0, 0.05) is 0 Å². The van der Waals surface area contributed by atoms with E-state index in [2.05, 4.69) is 0 Å². The lowest BCUT2D eigenvalue weighted by atomic mass is 10.5. The monoisotopic (exact) mass is 150 g/mol. The van der Waals surface area contributed by atoms with Crippen molar-refractivity contribution in [3.8, 4) is 0 Å². The molecule has 0 aromatic rings. The van der Waals surface area contributed by atoms with Crippen LogP contribution in [0.1, 0.15) is 0 Å². The Morgan fingerprint density at radius 1 is 1.70 bits per heavy atom.